The Morgan fingerprint density at radius 2 is 1.70 bits per heavy atom. The van der Waals surface area contributed by atoms with Crippen molar-refractivity contribution in [1.29, 1.82) is 0 Å². The lowest BCUT2D eigenvalue weighted by molar-refractivity contribution is -0.206. The maximum atomic E-state index is 13.0. The van der Waals surface area contributed by atoms with Gasteiger partial charge in [-0.25, -0.2) is 0 Å². The van der Waals surface area contributed by atoms with Crippen molar-refractivity contribution in [3.8, 4) is 0 Å². The summed E-state index contributed by atoms with van der Waals surface area (Å²) < 4.78 is 37.9. The number of aliphatic hydroxyl groups excluding tert-OH is 1. The first-order valence-electron chi connectivity index (χ1n) is 9.49. The van der Waals surface area contributed by atoms with Crippen LogP contribution < -0.4 is 4.90 Å². The lowest BCUT2D eigenvalue weighted by atomic mass is 9.67. The van der Waals surface area contributed by atoms with Crippen LogP contribution >= 0.6 is 0 Å². The molecule has 0 bridgehead atoms. The van der Waals surface area contributed by atoms with Gasteiger partial charge in [-0.2, -0.15) is 13.2 Å². The van der Waals surface area contributed by atoms with Crippen molar-refractivity contribution in [3.63, 3.8) is 0 Å². The second kappa shape index (κ2) is 7.09. The number of rotatable bonds is 4. The van der Waals surface area contributed by atoms with Crippen LogP contribution in [-0.2, 0) is 4.79 Å². The quantitative estimate of drug-likeness (QED) is 0.820. The number of hydrogen-bond donors (Lipinski definition) is 2. The van der Waals surface area contributed by atoms with Crippen LogP contribution in [0, 0.1) is 5.41 Å². The van der Waals surface area contributed by atoms with E-state index < -0.39 is 23.3 Å². The lowest BCUT2D eigenvalue weighted by Crippen LogP contribution is -2.43. The van der Waals surface area contributed by atoms with Gasteiger partial charge in [0.15, 0.2) is 6.10 Å². The third kappa shape index (κ3) is 3.85. The Hall–Kier alpha value is -1.60. The van der Waals surface area contributed by atoms with Gasteiger partial charge >= 0.3 is 6.18 Å². The number of nitrogens with zero attached hydrogens (tertiary/aromatic N) is 1. The summed E-state index contributed by atoms with van der Waals surface area (Å²) in [4.78, 5) is 14.7. The zero-order valence-corrected chi connectivity index (χ0v) is 15.4. The summed E-state index contributed by atoms with van der Waals surface area (Å²) in [6.07, 6.45) is -2.40. The standard InChI is InChI=1S/C20H26F3NO3/c1-2-7-19(27)10-8-18(9-11-19)12-13-24(17(18)26)15-5-3-14(4-6-15)16(25)20(21,22)23/h3-6,16,25,27H,2,7-13H2,1H3/t16-,18-,19+/m1/s1. The summed E-state index contributed by atoms with van der Waals surface area (Å²) in [6, 6.07) is 5.34. The first kappa shape index (κ1) is 20.1. The average Bonchev–Trinajstić information content (AvgIpc) is 2.94. The summed E-state index contributed by atoms with van der Waals surface area (Å²) in [5, 5.41) is 19.9. The fourth-order valence-electron chi connectivity index (χ4n) is 4.47. The Morgan fingerprint density at radius 3 is 2.22 bits per heavy atom. The molecule has 0 unspecified atom stereocenters. The summed E-state index contributed by atoms with van der Waals surface area (Å²) in [5.74, 6) is -0.00910. The molecule has 150 valence electrons. The highest BCUT2D eigenvalue weighted by atomic mass is 19.4. The van der Waals surface area contributed by atoms with E-state index in [1.807, 2.05) is 6.92 Å². The number of amides is 1. The van der Waals surface area contributed by atoms with Gasteiger partial charge in [0.05, 0.1) is 11.0 Å². The molecule has 1 atom stereocenters. The number of carbonyl (C=O) groups is 1. The number of anilines is 1. The molecule has 1 heterocycles. The smallest absolute Gasteiger partial charge is 0.390 e. The van der Waals surface area contributed by atoms with Crippen molar-refractivity contribution in [2.75, 3.05) is 11.4 Å². The van der Waals surface area contributed by atoms with Gasteiger partial charge in [0.1, 0.15) is 0 Å². The number of halogens is 3. The minimum Gasteiger partial charge on any atom is -0.390 e. The molecule has 1 aromatic rings. The monoisotopic (exact) mass is 385 g/mol. The van der Waals surface area contributed by atoms with Crippen molar-refractivity contribution in [3.05, 3.63) is 29.8 Å². The predicted molar refractivity (Wildman–Crippen MR) is 95.2 cm³/mol. The summed E-state index contributed by atoms with van der Waals surface area (Å²) >= 11 is 0. The number of hydrogen-bond acceptors (Lipinski definition) is 3. The molecule has 1 aromatic carbocycles. The molecule has 3 rings (SSSR count). The Bertz CT molecular complexity index is 679. The average molecular weight is 385 g/mol. The summed E-state index contributed by atoms with van der Waals surface area (Å²) in [7, 11) is 0. The van der Waals surface area contributed by atoms with Crippen LogP contribution in [0.1, 0.15) is 63.5 Å². The molecule has 1 saturated carbocycles. The number of carbonyl (C=O) groups excluding carboxylic acids is 1. The van der Waals surface area contributed by atoms with E-state index in [2.05, 4.69) is 0 Å². The molecule has 7 heteroatoms. The minimum absolute atomic E-state index is 0.00910. The lowest BCUT2D eigenvalue weighted by Gasteiger charge is -2.41. The van der Waals surface area contributed by atoms with E-state index in [0.717, 1.165) is 12.8 Å². The zero-order chi connectivity index (χ0) is 19.9. The van der Waals surface area contributed by atoms with E-state index in [0.29, 0.717) is 44.3 Å². The molecule has 1 amide bonds. The van der Waals surface area contributed by atoms with Crippen LogP contribution in [0.3, 0.4) is 0 Å². The molecule has 2 N–H and O–H groups in total. The highest BCUT2D eigenvalue weighted by Gasteiger charge is 2.51. The molecule has 1 aliphatic carbocycles. The summed E-state index contributed by atoms with van der Waals surface area (Å²) in [6.45, 7) is 2.55. The third-order valence-electron chi connectivity index (χ3n) is 6.20. The van der Waals surface area contributed by atoms with Crippen LogP contribution in [0.2, 0.25) is 0 Å². The van der Waals surface area contributed by atoms with Gasteiger partial charge in [0.25, 0.3) is 0 Å². The second-order valence-electron chi connectivity index (χ2n) is 8.00. The molecule has 0 radical (unpaired) electrons. The van der Waals surface area contributed by atoms with Crippen LogP contribution in [-0.4, -0.2) is 34.4 Å². The maximum absolute atomic E-state index is 13.0. The highest BCUT2D eigenvalue weighted by Crippen LogP contribution is 2.49. The van der Waals surface area contributed by atoms with Gasteiger partial charge in [0, 0.05) is 12.2 Å². The van der Waals surface area contributed by atoms with Crippen LogP contribution in [0.5, 0.6) is 0 Å². The van der Waals surface area contributed by atoms with Gasteiger partial charge in [-0.1, -0.05) is 25.5 Å². The van der Waals surface area contributed by atoms with Crippen LogP contribution in [0.4, 0.5) is 18.9 Å². The summed E-state index contributed by atoms with van der Waals surface area (Å²) in [5.41, 5.74) is -0.841. The molecule has 1 spiro atoms. The Morgan fingerprint density at radius 1 is 1.11 bits per heavy atom. The molecule has 27 heavy (non-hydrogen) atoms. The molecular weight excluding hydrogens is 359 g/mol. The van der Waals surface area contributed by atoms with Gasteiger partial charge < -0.3 is 15.1 Å². The molecule has 4 nitrogen and oxygen atoms in total. The Kier molecular flexibility index (Phi) is 5.29. The minimum atomic E-state index is -4.72. The fraction of sp³-hybridized carbons (Fsp3) is 0.650. The first-order chi connectivity index (χ1) is 12.6. The van der Waals surface area contributed by atoms with E-state index in [4.69, 9.17) is 0 Å². The van der Waals surface area contributed by atoms with Gasteiger partial charge in [-0.15, -0.1) is 0 Å². The van der Waals surface area contributed by atoms with E-state index >= 15 is 0 Å². The van der Waals surface area contributed by atoms with Crippen LogP contribution in [0.25, 0.3) is 0 Å². The number of benzene rings is 1. The van der Waals surface area contributed by atoms with Crippen molar-refractivity contribution in [2.45, 2.75) is 69.8 Å². The van der Waals surface area contributed by atoms with E-state index in [1.165, 1.54) is 24.3 Å². The fourth-order valence-corrected chi connectivity index (χ4v) is 4.47. The zero-order valence-electron chi connectivity index (χ0n) is 15.4. The van der Waals surface area contributed by atoms with E-state index in [9.17, 15) is 28.2 Å². The van der Waals surface area contributed by atoms with Crippen molar-refractivity contribution >= 4 is 11.6 Å². The van der Waals surface area contributed by atoms with Crippen LogP contribution in [0.15, 0.2) is 24.3 Å². The van der Waals surface area contributed by atoms with Gasteiger partial charge in [-0.05, 0) is 56.2 Å². The third-order valence-corrected chi connectivity index (χ3v) is 6.20. The van der Waals surface area contributed by atoms with Crippen molar-refractivity contribution < 1.29 is 28.2 Å². The molecule has 0 aromatic heterocycles. The van der Waals surface area contributed by atoms with E-state index in [-0.39, 0.29) is 11.5 Å². The number of aliphatic hydroxyl groups is 2. The van der Waals surface area contributed by atoms with Crippen molar-refractivity contribution in [1.82, 2.24) is 0 Å². The first-order valence-corrected chi connectivity index (χ1v) is 9.49. The maximum Gasteiger partial charge on any atom is 0.418 e. The highest BCUT2D eigenvalue weighted by molar-refractivity contribution is 6.00. The van der Waals surface area contributed by atoms with E-state index in [1.54, 1.807) is 4.90 Å². The molecule has 1 saturated heterocycles. The SMILES string of the molecule is CCC[C@]1(O)CC[C@]2(CCN(c3ccc([C@@H](O)C(F)(F)F)cc3)C2=O)CC1. The topological polar surface area (TPSA) is 60.8 Å². The van der Waals surface area contributed by atoms with Gasteiger partial charge in [0.2, 0.25) is 5.91 Å². The van der Waals surface area contributed by atoms with Gasteiger partial charge in [-0.3, -0.25) is 4.79 Å². The Labute approximate surface area is 157 Å². The normalized spacial score (nSPS) is 30.1. The predicted octanol–water partition coefficient (Wildman–Crippen LogP) is 4.11. The Balaban J connectivity index is 1.71. The molecular formula is C20H26F3NO3. The largest absolute Gasteiger partial charge is 0.418 e. The molecule has 2 fully saturated rings. The second-order valence-corrected chi connectivity index (χ2v) is 8.00. The van der Waals surface area contributed by atoms with Crippen molar-refractivity contribution in [2.24, 2.45) is 5.41 Å². The molecule has 2 aliphatic rings. The number of alkyl halides is 3. The molecule has 1 aliphatic heterocycles.